The quantitative estimate of drug-likeness (QED) is 0.693. The third-order valence-corrected chi connectivity index (χ3v) is 2.30. The van der Waals surface area contributed by atoms with Crippen molar-refractivity contribution in [1.29, 1.82) is 0 Å². The summed E-state index contributed by atoms with van der Waals surface area (Å²) in [5, 5.41) is 0. The molecule has 0 bridgehead atoms. The van der Waals surface area contributed by atoms with Crippen LogP contribution in [-0.4, -0.2) is 12.5 Å². The van der Waals surface area contributed by atoms with E-state index in [1.165, 1.54) is 34.6 Å². The van der Waals surface area contributed by atoms with Gasteiger partial charge in [0.2, 0.25) is 0 Å². The fourth-order valence-corrected chi connectivity index (χ4v) is 1.14. The molecule has 12 heavy (non-hydrogen) atoms. The molecule has 3 heteroatoms. The van der Waals surface area contributed by atoms with Crippen molar-refractivity contribution in [3.63, 3.8) is 0 Å². The molecule has 0 atom stereocenters. The Kier molecular flexibility index (Phi) is 2.90. The molecule has 0 fully saturated rings. The van der Waals surface area contributed by atoms with Gasteiger partial charge in [0.1, 0.15) is 0 Å². The molecule has 0 aromatic rings. The minimum atomic E-state index is -2.74. The monoisotopic (exact) mass is 179 g/mol. The number of halogens is 2. The maximum absolute atomic E-state index is 13.6. The van der Waals surface area contributed by atoms with E-state index >= 15 is 0 Å². The molecule has 0 amide bonds. The normalized spacial score (nSPS) is 15.0. The van der Waals surface area contributed by atoms with Crippen LogP contribution in [0.2, 0.25) is 0 Å². The lowest BCUT2D eigenvalue weighted by molar-refractivity contribution is -0.176. The van der Waals surface area contributed by atoms with Crippen molar-refractivity contribution in [1.82, 2.24) is 0 Å². The Labute approximate surface area is 73.3 Å². The predicted molar refractivity (Wildman–Crippen MR) is 47.2 cm³/mol. The zero-order valence-electron chi connectivity index (χ0n) is 8.54. The van der Waals surface area contributed by atoms with Gasteiger partial charge in [0.15, 0.2) is 0 Å². The maximum atomic E-state index is 13.6. The Bertz CT molecular complexity index is 156. The first-order chi connectivity index (χ1) is 5.06. The zero-order chi connectivity index (χ0) is 10.2. The van der Waals surface area contributed by atoms with Crippen LogP contribution in [0.5, 0.6) is 0 Å². The van der Waals surface area contributed by atoms with Crippen LogP contribution in [0.1, 0.15) is 34.6 Å². The van der Waals surface area contributed by atoms with Crippen LogP contribution in [0.3, 0.4) is 0 Å². The third kappa shape index (κ3) is 1.76. The molecule has 74 valence electrons. The van der Waals surface area contributed by atoms with Gasteiger partial charge in [-0.05, 0) is 0 Å². The second-order valence-corrected chi connectivity index (χ2v) is 4.91. The van der Waals surface area contributed by atoms with Gasteiger partial charge < -0.3 is 5.73 Å². The van der Waals surface area contributed by atoms with Gasteiger partial charge in [-0.1, -0.05) is 34.6 Å². The van der Waals surface area contributed by atoms with E-state index in [9.17, 15) is 8.78 Å². The van der Waals surface area contributed by atoms with E-state index < -0.39 is 16.8 Å². The molecule has 0 aliphatic rings. The Balaban J connectivity index is 4.85. The SMILES string of the molecule is CC(C)(C)C(F)(F)C(C)(C)CN. The van der Waals surface area contributed by atoms with Gasteiger partial charge in [-0.15, -0.1) is 0 Å². The van der Waals surface area contributed by atoms with Gasteiger partial charge >= 0.3 is 0 Å². The molecule has 0 radical (unpaired) electrons. The van der Waals surface area contributed by atoms with E-state index in [-0.39, 0.29) is 6.54 Å². The summed E-state index contributed by atoms with van der Waals surface area (Å²) < 4.78 is 27.3. The second-order valence-electron chi connectivity index (χ2n) is 4.91. The lowest BCUT2D eigenvalue weighted by Crippen LogP contribution is -2.50. The van der Waals surface area contributed by atoms with Crippen molar-refractivity contribution in [2.45, 2.75) is 40.5 Å². The van der Waals surface area contributed by atoms with Crippen LogP contribution in [0.15, 0.2) is 0 Å². The van der Waals surface area contributed by atoms with Gasteiger partial charge in [0, 0.05) is 17.4 Å². The molecular formula is C9H19F2N. The van der Waals surface area contributed by atoms with Gasteiger partial charge in [-0.2, -0.15) is 0 Å². The smallest absolute Gasteiger partial charge is 0.259 e. The highest BCUT2D eigenvalue weighted by Crippen LogP contribution is 2.47. The standard InChI is InChI=1S/C9H19F2N/c1-7(2,3)9(10,11)8(4,5)6-12/h6,12H2,1-5H3. The number of hydrogen-bond donors (Lipinski definition) is 1. The molecule has 0 aromatic heterocycles. The molecule has 0 aromatic carbocycles. The largest absolute Gasteiger partial charge is 0.330 e. The lowest BCUT2D eigenvalue weighted by atomic mass is 9.72. The van der Waals surface area contributed by atoms with Crippen LogP contribution in [0, 0.1) is 10.8 Å². The van der Waals surface area contributed by atoms with Gasteiger partial charge in [0.25, 0.3) is 5.92 Å². The molecule has 0 aliphatic carbocycles. The maximum Gasteiger partial charge on any atom is 0.259 e. The number of nitrogens with two attached hydrogens (primary N) is 1. The fourth-order valence-electron chi connectivity index (χ4n) is 1.14. The van der Waals surface area contributed by atoms with Crippen LogP contribution in [0.4, 0.5) is 8.78 Å². The summed E-state index contributed by atoms with van der Waals surface area (Å²) in [6.45, 7) is 7.59. The summed E-state index contributed by atoms with van der Waals surface area (Å²) in [5.41, 5.74) is 3.14. The van der Waals surface area contributed by atoms with E-state index in [0.29, 0.717) is 0 Å². The Morgan fingerprint density at radius 1 is 1.00 bits per heavy atom. The van der Waals surface area contributed by atoms with E-state index in [0.717, 1.165) is 0 Å². The average Bonchev–Trinajstić information content (AvgIpc) is 1.85. The first-order valence-electron chi connectivity index (χ1n) is 4.14. The summed E-state index contributed by atoms with van der Waals surface area (Å²) >= 11 is 0. The molecule has 0 saturated carbocycles. The molecule has 0 aliphatic heterocycles. The molecular weight excluding hydrogens is 160 g/mol. The second kappa shape index (κ2) is 2.95. The van der Waals surface area contributed by atoms with Crippen LogP contribution in [0.25, 0.3) is 0 Å². The minimum Gasteiger partial charge on any atom is -0.330 e. The average molecular weight is 179 g/mol. The summed E-state index contributed by atoms with van der Waals surface area (Å²) in [6.07, 6.45) is 0. The van der Waals surface area contributed by atoms with Crippen molar-refractivity contribution >= 4 is 0 Å². The van der Waals surface area contributed by atoms with Crippen LogP contribution >= 0.6 is 0 Å². The number of hydrogen-bond acceptors (Lipinski definition) is 1. The molecule has 2 N–H and O–H groups in total. The van der Waals surface area contributed by atoms with Gasteiger partial charge in [-0.3, -0.25) is 0 Å². The first-order valence-corrected chi connectivity index (χ1v) is 4.14. The molecule has 0 saturated heterocycles. The summed E-state index contributed by atoms with van der Waals surface area (Å²) in [6, 6.07) is 0. The van der Waals surface area contributed by atoms with Crippen molar-refractivity contribution in [3.05, 3.63) is 0 Å². The zero-order valence-corrected chi connectivity index (χ0v) is 8.54. The molecule has 0 unspecified atom stereocenters. The minimum absolute atomic E-state index is 0.00271. The Morgan fingerprint density at radius 2 is 1.33 bits per heavy atom. The van der Waals surface area contributed by atoms with E-state index in [1.807, 2.05) is 0 Å². The van der Waals surface area contributed by atoms with Crippen molar-refractivity contribution in [3.8, 4) is 0 Å². The molecule has 1 nitrogen and oxygen atoms in total. The highest BCUT2D eigenvalue weighted by Gasteiger charge is 2.54. The lowest BCUT2D eigenvalue weighted by Gasteiger charge is -2.41. The summed E-state index contributed by atoms with van der Waals surface area (Å²) in [7, 11) is 0. The van der Waals surface area contributed by atoms with E-state index in [2.05, 4.69) is 0 Å². The summed E-state index contributed by atoms with van der Waals surface area (Å²) in [5.74, 6) is -2.74. The third-order valence-electron chi connectivity index (χ3n) is 2.30. The van der Waals surface area contributed by atoms with Crippen molar-refractivity contribution < 1.29 is 8.78 Å². The Hall–Kier alpha value is -0.180. The van der Waals surface area contributed by atoms with E-state index in [1.54, 1.807) is 0 Å². The highest BCUT2D eigenvalue weighted by molar-refractivity contribution is 4.94. The molecule has 0 heterocycles. The van der Waals surface area contributed by atoms with Crippen molar-refractivity contribution in [2.24, 2.45) is 16.6 Å². The van der Waals surface area contributed by atoms with Crippen LogP contribution in [-0.2, 0) is 0 Å². The Morgan fingerprint density at radius 3 is 1.42 bits per heavy atom. The topological polar surface area (TPSA) is 26.0 Å². The first kappa shape index (κ1) is 11.8. The van der Waals surface area contributed by atoms with Gasteiger partial charge in [0.05, 0.1) is 0 Å². The van der Waals surface area contributed by atoms with Crippen LogP contribution < -0.4 is 5.73 Å². The highest BCUT2D eigenvalue weighted by atomic mass is 19.3. The van der Waals surface area contributed by atoms with Crippen molar-refractivity contribution in [2.75, 3.05) is 6.54 Å². The fraction of sp³-hybridized carbons (Fsp3) is 1.00. The van der Waals surface area contributed by atoms with Gasteiger partial charge in [-0.25, -0.2) is 8.78 Å². The van der Waals surface area contributed by atoms with E-state index in [4.69, 9.17) is 5.73 Å². The number of rotatable bonds is 2. The molecule has 0 rings (SSSR count). The predicted octanol–water partition coefficient (Wildman–Crippen LogP) is 2.65. The summed E-state index contributed by atoms with van der Waals surface area (Å²) in [4.78, 5) is 0. The molecule has 0 spiro atoms. The number of alkyl halides is 2.